The van der Waals surface area contributed by atoms with Crippen LogP contribution >= 0.6 is 0 Å². The van der Waals surface area contributed by atoms with Crippen molar-refractivity contribution in [1.82, 2.24) is 10.6 Å². The molecule has 0 unspecified atom stereocenters. The molecule has 0 atom stereocenters. The molecule has 1 aliphatic carbocycles. The average molecular weight is 254 g/mol. The first-order valence-electron chi connectivity index (χ1n) is 6.16. The molecule has 0 radical (unpaired) electrons. The lowest BCUT2D eigenvalue weighted by Gasteiger charge is -2.08. The lowest BCUT2D eigenvalue weighted by atomic mass is 10.4. The van der Waals surface area contributed by atoms with Crippen molar-refractivity contribution in [2.24, 2.45) is 0 Å². The average Bonchev–Trinajstić information content (AvgIpc) is 3.03. The molecule has 6 heteroatoms. The van der Waals surface area contributed by atoms with E-state index < -0.39 is 12.8 Å². The van der Waals surface area contributed by atoms with E-state index in [2.05, 4.69) is 15.4 Å². The first-order valence-corrected chi connectivity index (χ1v) is 6.16. The Morgan fingerprint density at radius 1 is 1.06 bits per heavy atom. The largest absolute Gasteiger partial charge is 0.411 e. The molecule has 0 bridgehead atoms. The summed E-state index contributed by atoms with van der Waals surface area (Å²) in [5.41, 5.74) is 0. The van der Waals surface area contributed by atoms with E-state index >= 15 is 0 Å². The first-order chi connectivity index (χ1) is 8.08. The van der Waals surface area contributed by atoms with Crippen molar-refractivity contribution in [1.29, 1.82) is 0 Å². The monoisotopic (exact) mass is 254 g/mol. The van der Waals surface area contributed by atoms with E-state index in [1.165, 1.54) is 12.8 Å². The molecule has 17 heavy (non-hydrogen) atoms. The van der Waals surface area contributed by atoms with Gasteiger partial charge in [0, 0.05) is 12.6 Å². The fourth-order valence-corrected chi connectivity index (χ4v) is 1.42. The van der Waals surface area contributed by atoms with Gasteiger partial charge in [-0.25, -0.2) is 0 Å². The third-order valence-corrected chi connectivity index (χ3v) is 2.45. The number of ether oxygens (including phenoxy) is 1. The summed E-state index contributed by atoms with van der Waals surface area (Å²) in [5, 5.41) is 6.57. The molecule has 0 aromatic heterocycles. The van der Waals surface area contributed by atoms with E-state index in [1.54, 1.807) is 0 Å². The summed E-state index contributed by atoms with van der Waals surface area (Å²) in [4.78, 5) is 0. The molecule has 0 heterocycles. The Morgan fingerprint density at radius 2 is 1.76 bits per heavy atom. The van der Waals surface area contributed by atoms with Crippen molar-refractivity contribution in [3.63, 3.8) is 0 Å². The van der Waals surface area contributed by atoms with Crippen LogP contribution in [0.5, 0.6) is 0 Å². The summed E-state index contributed by atoms with van der Waals surface area (Å²) in [6, 6.07) is 0.741. The lowest BCUT2D eigenvalue weighted by Crippen LogP contribution is -2.24. The summed E-state index contributed by atoms with van der Waals surface area (Å²) in [6.07, 6.45) is 0.0574. The second kappa shape index (κ2) is 7.89. The second-order valence-corrected chi connectivity index (χ2v) is 4.35. The minimum atomic E-state index is -4.21. The number of alkyl halides is 3. The van der Waals surface area contributed by atoms with Gasteiger partial charge < -0.3 is 15.4 Å². The van der Waals surface area contributed by atoms with Gasteiger partial charge in [-0.05, 0) is 45.3 Å². The number of rotatable bonds is 10. The van der Waals surface area contributed by atoms with Crippen LogP contribution in [-0.4, -0.2) is 45.1 Å². The maximum atomic E-state index is 11.7. The summed E-state index contributed by atoms with van der Waals surface area (Å²) >= 11 is 0. The van der Waals surface area contributed by atoms with E-state index in [0.29, 0.717) is 13.0 Å². The number of halogens is 3. The zero-order valence-electron chi connectivity index (χ0n) is 9.98. The normalized spacial score (nSPS) is 16.4. The standard InChI is InChI=1S/C11H21F3N2O/c12-11(13,14)9-17-8-2-6-15-5-1-7-16-10-3-4-10/h10,15-16H,1-9H2. The van der Waals surface area contributed by atoms with E-state index in [1.807, 2.05) is 0 Å². The van der Waals surface area contributed by atoms with Gasteiger partial charge in [0.15, 0.2) is 0 Å². The highest BCUT2D eigenvalue weighted by Gasteiger charge is 2.27. The summed E-state index contributed by atoms with van der Waals surface area (Å²) in [7, 11) is 0. The number of hydrogen-bond acceptors (Lipinski definition) is 3. The van der Waals surface area contributed by atoms with Crippen LogP contribution < -0.4 is 10.6 Å². The van der Waals surface area contributed by atoms with Gasteiger partial charge in [0.2, 0.25) is 0 Å². The van der Waals surface area contributed by atoms with E-state index in [-0.39, 0.29) is 6.61 Å². The maximum absolute atomic E-state index is 11.7. The van der Waals surface area contributed by atoms with Gasteiger partial charge in [-0.3, -0.25) is 0 Å². The minimum absolute atomic E-state index is 0.160. The van der Waals surface area contributed by atoms with Gasteiger partial charge in [-0.1, -0.05) is 0 Å². The third-order valence-electron chi connectivity index (χ3n) is 2.45. The molecule has 0 saturated heterocycles. The van der Waals surface area contributed by atoms with Gasteiger partial charge in [0.05, 0.1) is 0 Å². The molecule has 2 N–H and O–H groups in total. The lowest BCUT2D eigenvalue weighted by molar-refractivity contribution is -0.173. The number of nitrogens with one attached hydrogen (secondary N) is 2. The Morgan fingerprint density at radius 3 is 2.41 bits per heavy atom. The van der Waals surface area contributed by atoms with Gasteiger partial charge in [-0.15, -0.1) is 0 Å². The minimum Gasteiger partial charge on any atom is -0.372 e. The van der Waals surface area contributed by atoms with Crippen LogP contribution in [0.25, 0.3) is 0 Å². The molecule has 0 aliphatic heterocycles. The maximum Gasteiger partial charge on any atom is 0.411 e. The summed E-state index contributed by atoms with van der Waals surface area (Å²) in [6.45, 7) is 1.65. The van der Waals surface area contributed by atoms with Crippen molar-refractivity contribution in [2.45, 2.75) is 37.9 Å². The summed E-state index contributed by atoms with van der Waals surface area (Å²) < 4.78 is 39.6. The molecule has 0 aromatic rings. The Kier molecular flexibility index (Phi) is 6.84. The highest BCUT2D eigenvalue weighted by molar-refractivity contribution is 4.80. The molecule has 0 spiro atoms. The fraction of sp³-hybridized carbons (Fsp3) is 1.00. The van der Waals surface area contributed by atoms with Crippen LogP contribution in [0.1, 0.15) is 25.7 Å². The molecular weight excluding hydrogens is 233 g/mol. The van der Waals surface area contributed by atoms with Crippen molar-refractivity contribution >= 4 is 0 Å². The highest BCUT2D eigenvalue weighted by atomic mass is 19.4. The van der Waals surface area contributed by atoms with Gasteiger partial charge >= 0.3 is 6.18 Å². The SMILES string of the molecule is FC(F)(F)COCCCNCCCNC1CC1. The van der Waals surface area contributed by atoms with Crippen molar-refractivity contribution in [2.75, 3.05) is 32.8 Å². The van der Waals surface area contributed by atoms with Crippen LogP contribution in [0.3, 0.4) is 0 Å². The summed E-state index contributed by atoms with van der Waals surface area (Å²) in [5.74, 6) is 0. The molecule has 102 valence electrons. The molecule has 1 saturated carbocycles. The molecule has 1 fully saturated rings. The van der Waals surface area contributed by atoms with Gasteiger partial charge in [0.25, 0.3) is 0 Å². The molecule has 1 aliphatic rings. The van der Waals surface area contributed by atoms with Gasteiger partial charge in [-0.2, -0.15) is 13.2 Å². The van der Waals surface area contributed by atoms with Crippen LogP contribution in [0.4, 0.5) is 13.2 Å². The van der Waals surface area contributed by atoms with Crippen molar-refractivity contribution in [3.05, 3.63) is 0 Å². The van der Waals surface area contributed by atoms with Crippen molar-refractivity contribution < 1.29 is 17.9 Å². The zero-order chi connectivity index (χ0) is 12.6. The first kappa shape index (κ1) is 14.7. The van der Waals surface area contributed by atoms with E-state index in [9.17, 15) is 13.2 Å². The molecule has 0 amide bonds. The number of hydrogen-bond donors (Lipinski definition) is 2. The topological polar surface area (TPSA) is 33.3 Å². The quantitative estimate of drug-likeness (QED) is 0.582. The van der Waals surface area contributed by atoms with Crippen LogP contribution in [-0.2, 0) is 4.74 Å². The molecule has 0 aromatic carbocycles. The fourth-order valence-electron chi connectivity index (χ4n) is 1.42. The smallest absolute Gasteiger partial charge is 0.372 e. The predicted octanol–water partition coefficient (Wildman–Crippen LogP) is 1.69. The zero-order valence-corrected chi connectivity index (χ0v) is 9.98. The predicted molar refractivity (Wildman–Crippen MR) is 60.0 cm³/mol. The Balaban J connectivity index is 1.69. The third kappa shape index (κ3) is 10.5. The van der Waals surface area contributed by atoms with Crippen LogP contribution in [0.15, 0.2) is 0 Å². The van der Waals surface area contributed by atoms with Crippen LogP contribution in [0.2, 0.25) is 0 Å². The molecular formula is C11H21F3N2O. The van der Waals surface area contributed by atoms with Crippen LogP contribution in [0, 0.1) is 0 Å². The Bertz CT molecular complexity index is 196. The second-order valence-electron chi connectivity index (χ2n) is 4.35. The molecule has 1 rings (SSSR count). The Labute approximate surface area is 100 Å². The van der Waals surface area contributed by atoms with E-state index in [4.69, 9.17) is 0 Å². The Hall–Kier alpha value is -0.330. The highest BCUT2D eigenvalue weighted by Crippen LogP contribution is 2.18. The van der Waals surface area contributed by atoms with Gasteiger partial charge in [0.1, 0.15) is 6.61 Å². The molecule has 3 nitrogen and oxygen atoms in total. The van der Waals surface area contributed by atoms with Crippen molar-refractivity contribution in [3.8, 4) is 0 Å². The van der Waals surface area contributed by atoms with E-state index in [0.717, 1.165) is 25.6 Å².